The van der Waals surface area contributed by atoms with Gasteiger partial charge in [0.05, 0.1) is 14.8 Å². The number of benzene rings is 1. The maximum atomic E-state index is 12.7. The lowest BCUT2D eigenvalue weighted by Gasteiger charge is -2.22. The number of halogens is 2. The Morgan fingerprint density at radius 2 is 2.09 bits per heavy atom. The van der Waals surface area contributed by atoms with Gasteiger partial charge in [0.25, 0.3) is 5.69 Å². The van der Waals surface area contributed by atoms with Crippen LogP contribution in [0.4, 0.5) is 5.69 Å². The Morgan fingerprint density at radius 1 is 1.48 bits per heavy atom. The van der Waals surface area contributed by atoms with E-state index < -0.39 is 14.9 Å². The van der Waals surface area contributed by atoms with E-state index in [2.05, 4.69) is 0 Å². The summed E-state index contributed by atoms with van der Waals surface area (Å²) in [5.41, 5.74) is 5.37. The fourth-order valence-electron chi connectivity index (χ4n) is 2.48. The molecule has 1 saturated heterocycles. The first-order valence-electron chi connectivity index (χ1n) is 6.75. The SMILES string of the molecule is Cc1c(Cl)cc(S(=O)(=O)N2CCC(C)(CN)C2)cc1[N+](=O)[O-].Cl. The minimum Gasteiger partial charge on any atom is -0.330 e. The molecule has 1 atom stereocenters. The van der Waals surface area contributed by atoms with Gasteiger partial charge in [-0.15, -0.1) is 12.4 Å². The summed E-state index contributed by atoms with van der Waals surface area (Å²) in [5.74, 6) is 0. The molecular formula is C13H19Cl2N3O4S. The second-order valence-electron chi connectivity index (χ2n) is 5.91. The summed E-state index contributed by atoms with van der Waals surface area (Å²) in [7, 11) is -3.83. The molecule has 1 fully saturated rings. The number of nitrogens with zero attached hydrogens (tertiary/aromatic N) is 2. The van der Waals surface area contributed by atoms with Gasteiger partial charge < -0.3 is 5.73 Å². The van der Waals surface area contributed by atoms with E-state index in [1.54, 1.807) is 0 Å². The zero-order chi connectivity index (χ0) is 16.7. The Balaban J connectivity index is 0.00000264. The van der Waals surface area contributed by atoms with Gasteiger partial charge in [0.2, 0.25) is 10.0 Å². The first kappa shape index (κ1) is 20.1. The van der Waals surface area contributed by atoms with Crippen molar-refractivity contribution in [2.45, 2.75) is 25.2 Å². The molecule has 0 aromatic heterocycles. The Kier molecular flexibility index (Phi) is 6.04. The lowest BCUT2D eigenvalue weighted by Crippen LogP contribution is -2.34. The quantitative estimate of drug-likeness (QED) is 0.633. The van der Waals surface area contributed by atoms with Gasteiger partial charge in [0.1, 0.15) is 0 Å². The number of hydrogen-bond acceptors (Lipinski definition) is 5. The molecule has 0 spiro atoms. The maximum Gasteiger partial charge on any atom is 0.275 e. The number of nitro groups is 1. The van der Waals surface area contributed by atoms with Crippen LogP contribution < -0.4 is 5.73 Å². The predicted octanol–water partition coefficient (Wildman–Crippen LogP) is 2.34. The van der Waals surface area contributed by atoms with E-state index in [0.29, 0.717) is 26.1 Å². The van der Waals surface area contributed by atoms with Gasteiger partial charge in [-0.3, -0.25) is 10.1 Å². The highest BCUT2D eigenvalue weighted by Gasteiger charge is 2.39. The molecule has 0 amide bonds. The third kappa shape index (κ3) is 3.77. The van der Waals surface area contributed by atoms with Gasteiger partial charge in [-0.25, -0.2) is 8.42 Å². The predicted molar refractivity (Wildman–Crippen MR) is 90.6 cm³/mol. The van der Waals surface area contributed by atoms with E-state index in [-0.39, 0.29) is 39.0 Å². The number of nitro benzene ring substituents is 1. The first-order chi connectivity index (χ1) is 10.1. The Labute approximate surface area is 146 Å². The van der Waals surface area contributed by atoms with Crippen molar-refractivity contribution < 1.29 is 13.3 Å². The fraction of sp³-hybridized carbons (Fsp3) is 0.538. The molecule has 2 N–H and O–H groups in total. The third-order valence-corrected chi connectivity index (χ3v) is 6.36. The molecule has 2 rings (SSSR count). The standard InChI is InChI=1S/C13H18ClN3O4S.ClH/c1-9-11(14)5-10(6-12(9)17(18)19)22(20,21)16-4-3-13(2,7-15)8-16;/h5-6H,3-4,7-8,15H2,1-2H3;1H. The smallest absolute Gasteiger partial charge is 0.275 e. The van der Waals surface area contributed by atoms with Crippen molar-refractivity contribution in [2.75, 3.05) is 19.6 Å². The zero-order valence-electron chi connectivity index (χ0n) is 12.8. The van der Waals surface area contributed by atoms with Gasteiger partial charge in [0.15, 0.2) is 0 Å². The van der Waals surface area contributed by atoms with E-state index in [1.165, 1.54) is 17.3 Å². The monoisotopic (exact) mass is 383 g/mol. The van der Waals surface area contributed by atoms with Gasteiger partial charge in [-0.05, 0) is 31.4 Å². The lowest BCUT2D eigenvalue weighted by atomic mass is 9.90. The number of hydrogen-bond donors (Lipinski definition) is 1. The maximum absolute atomic E-state index is 12.7. The molecule has 1 aliphatic rings. The van der Waals surface area contributed by atoms with Crippen LogP contribution in [-0.4, -0.2) is 37.3 Å². The van der Waals surface area contributed by atoms with E-state index in [9.17, 15) is 18.5 Å². The Bertz CT molecular complexity index is 726. The summed E-state index contributed by atoms with van der Waals surface area (Å²) in [5, 5.41) is 11.1. The Morgan fingerprint density at radius 3 is 2.57 bits per heavy atom. The van der Waals surface area contributed by atoms with Gasteiger partial charge in [-0.1, -0.05) is 18.5 Å². The van der Waals surface area contributed by atoms with E-state index in [1.807, 2.05) is 6.92 Å². The number of nitrogens with two attached hydrogens (primary N) is 1. The highest BCUT2D eigenvalue weighted by atomic mass is 35.5. The van der Waals surface area contributed by atoms with Crippen LogP contribution in [0.2, 0.25) is 5.02 Å². The summed E-state index contributed by atoms with van der Waals surface area (Å²) < 4.78 is 26.7. The fourth-order valence-corrected chi connectivity index (χ4v) is 4.40. The van der Waals surface area contributed by atoms with Crippen LogP contribution in [0, 0.1) is 22.5 Å². The minimum absolute atomic E-state index is 0. The van der Waals surface area contributed by atoms with Crippen LogP contribution in [0.15, 0.2) is 17.0 Å². The summed E-state index contributed by atoms with van der Waals surface area (Å²) in [4.78, 5) is 10.3. The second kappa shape index (κ2) is 6.90. The topological polar surface area (TPSA) is 107 Å². The molecule has 1 aliphatic heterocycles. The minimum atomic E-state index is -3.83. The van der Waals surface area contributed by atoms with Crippen molar-refractivity contribution >= 4 is 39.7 Å². The van der Waals surface area contributed by atoms with Gasteiger partial charge in [-0.2, -0.15) is 4.31 Å². The van der Waals surface area contributed by atoms with Crippen LogP contribution in [0.3, 0.4) is 0 Å². The molecule has 1 aromatic rings. The highest BCUT2D eigenvalue weighted by Crippen LogP contribution is 2.35. The molecule has 0 bridgehead atoms. The molecule has 10 heteroatoms. The number of rotatable bonds is 4. The second-order valence-corrected chi connectivity index (χ2v) is 8.25. The van der Waals surface area contributed by atoms with Crippen LogP contribution in [0.5, 0.6) is 0 Å². The summed E-state index contributed by atoms with van der Waals surface area (Å²) >= 11 is 5.95. The Hall–Kier alpha value is -0.930. The van der Waals surface area contributed by atoms with Crippen LogP contribution in [0.25, 0.3) is 0 Å². The molecular weight excluding hydrogens is 365 g/mol. The van der Waals surface area contributed by atoms with Gasteiger partial charge >= 0.3 is 0 Å². The average molecular weight is 384 g/mol. The largest absolute Gasteiger partial charge is 0.330 e. The van der Waals surface area contributed by atoms with Gasteiger partial charge in [0, 0.05) is 24.7 Å². The van der Waals surface area contributed by atoms with E-state index in [0.717, 1.165) is 6.07 Å². The molecule has 1 heterocycles. The molecule has 23 heavy (non-hydrogen) atoms. The molecule has 0 radical (unpaired) electrons. The molecule has 1 aromatic carbocycles. The van der Waals surface area contributed by atoms with Crippen molar-refractivity contribution in [1.82, 2.24) is 4.31 Å². The number of sulfonamides is 1. The van der Waals surface area contributed by atoms with E-state index in [4.69, 9.17) is 17.3 Å². The van der Waals surface area contributed by atoms with Crippen molar-refractivity contribution in [3.05, 3.63) is 32.8 Å². The molecule has 1 unspecified atom stereocenters. The molecule has 130 valence electrons. The van der Waals surface area contributed by atoms with Crippen molar-refractivity contribution in [3.63, 3.8) is 0 Å². The zero-order valence-corrected chi connectivity index (χ0v) is 15.2. The van der Waals surface area contributed by atoms with Crippen LogP contribution in [0.1, 0.15) is 18.9 Å². The molecule has 7 nitrogen and oxygen atoms in total. The summed E-state index contributed by atoms with van der Waals surface area (Å²) in [6, 6.07) is 2.33. The third-order valence-electron chi connectivity index (χ3n) is 4.14. The normalized spacial score (nSPS) is 21.9. The molecule has 0 aliphatic carbocycles. The van der Waals surface area contributed by atoms with Crippen molar-refractivity contribution in [3.8, 4) is 0 Å². The first-order valence-corrected chi connectivity index (χ1v) is 8.57. The van der Waals surface area contributed by atoms with E-state index >= 15 is 0 Å². The average Bonchev–Trinajstić information content (AvgIpc) is 2.85. The molecule has 0 saturated carbocycles. The van der Waals surface area contributed by atoms with Crippen LogP contribution >= 0.6 is 24.0 Å². The lowest BCUT2D eigenvalue weighted by molar-refractivity contribution is -0.385. The summed E-state index contributed by atoms with van der Waals surface area (Å²) in [6.45, 7) is 4.43. The van der Waals surface area contributed by atoms with Crippen molar-refractivity contribution in [1.29, 1.82) is 0 Å². The summed E-state index contributed by atoms with van der Waals surface area (Å²) in [6.07, 6.45) is 0.657. The van der Waals surface area contributed by atoms with Crippen LogP contribution in [-0.2, 0) is 10.0 Å². The highest BCUT2D eigenvalue weighted by molar-refractivity contribution is 7.89. The van der Waals surface area contributed by atoms with Crippen molar-refractivity contribution in [2.24, 2.45) is 11.1 Å².